The molecular weight excluding hydrogens is 244 g/mol. The Balaban J connectivity index is 1.93. The Morgan fingerprint density at radius 1 is 1.47 bits per heavy atom. The van der Waals surface area contributed by atoms with Crippen LogP contribution in [0.5, 0.6) is 0 Å². The van der Waals surface area contributed by atoms with Crippen molar-refractivity contribution in [1.29, 1.82) is 0 Å². The molecule has 0 radical (unpaired) electrons. The number of hydrogen-bond acceptors (Lipinski definition) is 3. The molecule has 0 saturated carbocycles. The van der Waals surface area contributed by atoms with Gasteiger partial charge in [-0.3, -0.25) is 0 Å². The molecule has 0 fully saturated rings. The van der Waals surface area contributed by atoms with Gasteiger partial charge in [0.2, 0.25) is 5.89 Å². The van der Waals surface area contributed by atoms with Crippen LogP contribution in [-0.4, -0.2) is 27.6 Å². The average molecular weight is 258 g/mol. The Morgan fingerprint density at radius 3 is 3.05 bits per heavy atom. The molecule has 1 aromatic heterocycles. The van der Waals surface area contributed by atoms with E-state index in [9.17, 15) is 4.79 Å². The van der Waals surface area contributed by atoms with Crippen LogP contribution >= 0.6 is 0 Å². The maximum Gasteiger partial charge on any atom is 0.407 e. The van der Waals surface area contributed by atoms with Gasteiger partial charge in [0, 0.05) is 18.5 Å². The van der Waals surface area contributed by atoms with E-state index in [0.717, 1.165) is 22.6 Å². The van der Waals surface area contributed by atoms with Crippen molar-refractivity contribution in [2.75, 3.05) is 6.54 Å². The fraction of sp³-hybridized carbons (Fsp3) is 0.286. The minimum atomic E-state index is -0.911. The van der Waals surface area contributed by atoms with Crippen molar-refractivity contribution in [2.45, 2.75) is 19.9 Å². The number of hydrogen-bond donors (Lipinski definition) is 1. The number of carboxylic acid groups (broad SMARTS) is 1. The van der Waals surface area contributed by atoms with Crippen molar-refractivity contribution >= 4 is 6.09 Å². The van der Waals surface area contributed by atoms with E-state index in [1.54, 1.807) is 0 Å². The number of amides is 1. The lowest BCUT2D eigenvalue weighted by Crippen LogP contribution is -2.34. The molecule has 19 heavy (non-hydrogen) atoms. The number of aromatic nitrogens is 1. The molecule has 5 heteroatoms. The largest absolute Gasteiger partial charge is 0.465 e. The first kappa shape index (κ1) is 11.8. The standard InChI is InChI=1S/C14H14N2O3/c1-9-3-2-4-10(7-9)13-15-11-8-16(14(17)18)6-5-12(11)19-13/h2-4,7H,5-6,8H2,1H3,(H,17,18). The molecule has 1 N–H and O–H groups in total. The Labute approximate surface area is 110 Å². The van der Waals surface area contributed by atoms with Crippen molar-refractivity contribution in [3.8, 4) is 11.5 Å². The first-order valence-electron chi connectivity index (χ1n) is 6.17. The predicted octanol–water partition coefficient (Wildman–Crippen LogP) is 2.69. The molecule has 1 aromatic carbocycles. The van der Waals surface area contributed by atoms with Crippen LogP contribution in [0.4, 0.5) is 4.79 Å². The van der Waals surface area contributed by atoms with Crippen molar-refractivity contribution in [1.82, 2.24) is 9.88 Å². The SMILES string of the molecule is Cc1cccc(-c2nc3c(o2)CCN(C(=O)O)C3)c1. The van der Waals surface area contributed by atoms with Crippen LogP contribution in [0.25, 0.3) is 11.5 Å². The lowest BCUT2D eigenvalue weighted by atomic mass is 10.1. The number of oxazole rings is 1. The number of benzene rings is 1. The van der Waals surface area contributed by atoms with E-state index >= 15 is 0 Å². The summed E-state index contributed by atoms with van der Waals surface area (Å²) in [5.41, 5.74) is 2.79. The van der Waals surface area contributed by atoms with Gasteiger partial charge in [0.15, 0.2) is 0 Å². The number of fused-ring (bicyclic) bond motifs is 1. The summed E-state index contributed by atoms with van der Waals surface area (Å²) < 4.78 is 5.74. The number of nitrogens with zero attached hydrogens (tertiary/aromatic N) is 2. The second-order valence-electron chi connectivity index (χ2n) is 4.71. The smallest absolute Gasteiger partial charge is 0.407 e. The predicted molar refractivity (Wildman–Crippen MR) is 68.8 cm³/mol. The molecule has 0 atom stereocenters. The molecule has 5 nitrogen and oxygen atoms in total. The highest BCUT2D eigenvalue weighted by atomic mass is 16.4. The summed E-state index contributed by atoms with van der Waals surface area (Å²) in [5, 5.41) is 8.99. The summed E-state index contributed by atoms with van der Waals surface area (Å²) in [6.45, 7) is 2.78. The highest BCUT2D eigenvalue weighted by Crippen LogP contribution is 2.26. The molecule has 1 aliphatic rings. The van der Waals surface area contributed by atoms with Crippen LogP contribution in [0.2, 0.25) is 0 Å². The monoisotopic (exact) mass is 258 g/mol. The fourth-order valence-corrected chi connectivity index (χ4v) is 2.26. The minimum absolute atomic E-state index is 0.306. The van der Waals surface area contributed by atoms with Crippen molar-refractivity contribution in [2.24, 2.45) is 0 Å². The van der Waals surface area contributed by atoms with Gasteiger partial charge >= 0.3 is 6.09 Å². The molecule has 1 aliphatic heterocycles. The molecule has 2 aromatic rings. The van der Waals surface area contributed by atoms with Gasteiger partial charge < -0.3 is 14.4 Å². The highest BCUT2D eigenvalue weighted by molar-refractivity contribution is 5.65. The summed E-state index contributed by atoms with van der Waals surface area (Å²) in [4.78, 5) is 16.7. The molecule has 1 amide bonds. The zero-order valence-electron chi connectivity index (χ0n) is 10.6. The average Bonchev–Trinajstić information content (AvgIpc) is 2.81. The number of rotatable bonds is 1. The van der Waals surface area contributed by atoms with E-state index in [1.165, 1.54) is 4.90 Å². The van der Waals surface area contributed by atoms with Gasteiger partial charge in [-0.15, -0.1) is 0 Å². The van der Waals surface area contributed by atoms with Gasteiger partial charge in [0.1, 0.15) is 11.5 Å². The third-order valence-electron chi connectivity index (χ3n) is 3.26. The minimum Gasteiger partial charge on any atom is -0.465 e. The van der Waals surface area contributed by atoms with Gasteiger partial charge in [0.05, 0.1) is 6.54 Å². The molecule has 0 unspecified atom stereocenters. The maximum absolute atomic E-state index is 11.0. The summed E-state index contributed by atoms with van der Waals surface area (Å²) in [6.07, 6.45) is -0.328. The molecule has 0 saturated heterocycles. The van der Waals surface area contributed by atoms with Crippen molar-refractivity contribution in [3.63, 3.8) is 0 Å². The number of carbonyl (C=O) groups is 1. The van der Waals surface area contributed by atoms with Gasteiger partial charge in [-0.25, -0.2) is 9.78 Å². The van der Waals surface area contributed by atoms with E-state index in [0.29, 0.717) is 25.4 Å². The summed E-state index contributed by atoms with van der Waals surface area (Å²) in [6, 6.07) is 7.92. The van der Waals surface area contributed by atoms with E-state index in [2.05, 4.69) is 4.98 Å². The van der Waals surface area contributed by atoms with Crippen LogP contribution < -0.4 is 0 Å². The van der Waals surface area contributed by atoms with E-state index in [-0.39, 0.29) is 0 Å². The van der Waals surface area contributed by atoms with E-state index in [4.69, 9.17) is 9.52 Å². The fourth-order valence-electron chi connectivity index (χ4n) is 2.26. The Kier molecular flexibility index (Phi) is 2.74. The third kappa shape index (κ3) is 2.19. The first-order valence-corrected chi connectivity index (χ1v) is 6.17. The molecule has 3 rings (SSSR count). The molecule has 98 valence electrons. The third-order valence-corrected chi connectivity index (χ3v) is 3.26. The maximum atomic E-state index is 11.0. The van der Waals surface area contributed by atoms with Crippen LogP contribution in [0.1, 0.15) is 17.0 Å². The van der Waals surface area contributed by atoms with E-state index < -0.39 is 6.09 Å². The molecule has 2 heterocycles. The summed E-state index contributed by atoms with van der Waals surface area (Å²) in [5.74, 6) is 1.37. The molecular formula is C14H14N2O3. The Morgan fingerprint density at radius 2 is 2.32 bits per heavy atom. The zero-order chi connectivity index (χ0) is 13.4. The lowest BCUT2D eigenvalue weighted by Gasteiger charge is -2.21. The van der Waals surface area contributed by atoms with Crippen molar-refractivity contribution in [3.05, 3.63) is 41.3 Å². The second-order valence-corrected chi connectivity index (χ2v) is 4.71. The zero-order valence-corrected chi connectivity index (χ0v) is 10.6. The van der Waals surface area contributed by atoms with E-state index in [1.807, 2.05) is 31.2 Å². The Hall–Kier alpha value is -2.30. The van der Waals surface area contributed by atoms with Crippen molar-refractivity contribution < 1.29 is 14.3 Å². The van der Waals surface area contributed by atoms with Gasteiger partial charge in [-0.1, -0.05) is 17.7 Å². The van der Waals surface area contributed by atoms with Crippen LogP contribution in [0.15, 0.2) is 28.7 Å². The van der Waals surface area contributed by atoms with Crippen LogP contribution in [0.3, 0.4) is 0 Å². The molecule has 0 bridgehead atoms. The normalized spacial score (nSPS) is 14.3. The van der Waals surface area contributed by atoms with Gasteiger partial charge in [0.25, 0.3) is 0 Å². The number of aryl methyl sites for hydroxylation is 1. The molecule has 0 spiro atoms. The van der Waals surface area contributed by atoms with Crippen LogP contribution in [-0.2, 0) is 13.0 Å². The summed E-state index contributed by atoms with van der Waals surface area (Å²) in [7, 11) is 0. The summed E-state index contributed by atoms with van der Waals surface area (Å²) >= 11 is 0. The quantitative estimate of drug-likeness (QED) is 0.854. The van der Waals surface area contributed by atoms with Gasteiger partial charge in [-0.05, 0) is 19.1 Å². The Bertz CT molecular complexity index is 633. The topological polar surface area (TPSA) is 66.6 Å². The van der Waals surface area contributed by atoms with Gasteiger partial charge in [-0.2, -0.15) is 0 Å². The highest BCUT2D eigenvalue weighted by Gasteiger charge is 2.25. The lowest BCUT2D eigenvalue weighted by molar-refractivity contribution is 0.137. The first-order chi connectivity index (χ1) is 9.13. The van der Waals surface area contributed by atoms with Crippen LogP contribution in [0, 0.1) is 6.92 Å². The second kappa shape index (κ2) is 4.42. The molecule has 0 aliphatic carbocycles.